The average molecular weight is 222 g/mol. The van der Waals surface area contributed by atoms with E-state index < -0.39 is 0 Å². The molecule has 0 aromatic carbocycles. The Hall–Kier alpha value is -1.28. The summed E-state index contributed by atoms with van der Waals surface area (Å²) in [6.45, 7) is 3.51. The number of urea groups is 1. The molecule has 2 unspecified atom stereocenters. The molecule has 2 saturated heterocycles. The number of nitriles is 1. The van der Waals surface area contributed by atoms with Gasteiger partial charge in [0.15, 0.2) is 0 Å². The first-order valence-electron chi connectivity index (χ1n) is 5.81. The van der Waals surface area contributed by atoms with Gasteiger partial charge in [-0.1, -0.05) is 0 Å². The van der Waals surface area contributed by atoms with Crippen molar-refractivity contribution in [3.63, 3.8) is 0 Å². The maximum atomic E-state index is 11.6. The van der Waals surface area contributed by atoms with E-state index >= 15 is 0 Å². The van der Waals surface area contributed by atoms with Crippen LogP contribution in [-0.4, -0.2) is 55.1 Å². The van der Waals surface area contributed by atoms with Crippen LogP contribution >= 0.6 is 0 Å². The lowest BCUT2D eigenvalue weighted by molar-refractivity contribution is 0.218. The molecule has 2 atom stereocenters. The molecule has 0 radical (unpaired) electrons. The van der Waals surface area contributed by atoms with Crippen molar-refractivity contribution in [1.82, 2.24) is 15.1 Å². The summed E-state index contributed by atoms with van der Waals surface area (Å²) in [5.74, 6) is 0.570. The van der Waals surface area contributed by atoms with Gasteiger partial charge in [0, 0.05) is 19.6 Å². The van der Waals surface area contributed by atoms with Crippen molar-refractivity contribution in [3.05, 3.63) is 0 Å². The maximum Gasteiger partial charge on any atom is 0.317 e. The van der Waals surface area contributed by atoms with Gasteiger partial charge in [-0.25, -0.2) is 4.79 Å². The van der Waals surface area contributed by atoms with Gasteiger partial charge >= 0.3 is 6.03 Å². The van der Waals surface area contributed by atoms with Crippen LogP contribution in [0.15, 0.2) is 0 Å². The van der Waals surface area contributed by atoms with Gasteiger partial charge in [0.05, 0.1) is 18.5 Å². The SMILES string of the molecule is CN1CCC(C2CN(CCC#N)C(=O)N2)C1. The van der Waals surface area contributed by atoms with E-state index in [2.05, 4.69) is 23.3 Å². The molecule has 0 aromatic rings. The Kier molecular flexibility index (Phi) is 3.30. The van der Waals surface area contributed by atoms with E-state index in [9.17, 15) is 4.79 Å². The summed E-state index contributed by atoms with van der Waals surface area (Å²) in [7, 11) is 2.12. The lowest BCUT2D eigenvalue weighted by atomic mass is 10.00. The van der Waals surface area contributed by atoms with Gasteiger partial charge in [-0.3, -0.25) is 0 Å². The number of amides is 2. The molecule has 2 rings (SSSR count). The van der Waals surface area contributed by atoms with Crippen molar-refractivity contribution < 1.29 is 4.79 Å². The molecule has 0 saturated carbocycles. The Labute approximate surface area is 96.0 Å². The van der Waals surface area contributed by atoms with Crippen LogP contribution < -0.4 is 5.32 Å². The zero-order valence-electron chi connectivity index (χ0n) is 9.65. The summed E-state index contributed by atoms with van der Waals surface area (Å²) in [6, 6.07) is 2.35. The first-order valence-corrected chi connectivity index (χ1v) is 5.81. The van der Waals surface area contributed by atoms with E-state index in [-0.39, 0.29) is 12.1 Å². The van der Waals surface area contributed by atoms with Gasteiger partial charge in [-0.15, -0.1) is 0 Å². The minimum atomic E-state index is -0.00481. The van der Waals surface area contributed by atoms with E-state index in [4.69, 9.17) is 5.26 Å². The molecule has 2 aliphatic rings. The number of hydrogen-bond donors (Lipinski definition) is 1. The molecule has 2 amide bonds. The highest BCUT2D eigenvalue weighted by atomic mass is 16.2. The van der Waals surface area contributed by atoms with Crippen molar-refractivity contribution in [2.45, 2.75) is 18.9 Å². The van der Waals surface area contributed by atoms with E-state index in [0.29, 0.717) is 18.9 Å². The lowest BCUT2D eigenvalue weighted by Gasteiger charge is -2.18. The Balaban J connectivity index is 1.86. The molecular formula is C11H18N4O. The first-order chi connectivity index (χ1) is 7.70. The fraction of sp³-hybridized carbons (Fsp3) is 0.818. The Morgan fingerprint density at radius 1 is 1.56 bits per heavy atom. The Morgan fingerprint density at radius 2 is 2.38 bits per heavy atom. The largest absolute Gasteiger partial charge is 0.333 e. The molecule has 16 heavy (non-hydrogen) atoms. The van der Waals surface area contributed by atoms with Crippen LogP contribution in [0.1, 0.15) is 12.8 Å². The van der Waals surface area contributed by atoms with Crippen molar-refractivity contribution >= 4 is 6.03 Å². The molecule has 0 bridgehead atoms. The molecule has 0 aromatic heterocycles. The van der Waals surface area contributed by atoms with E-state index in [1.165, 1.54) is 0 Å². The average Bonchev–Trinajstić information content (AvgIpc) is 2.82. The van der Waals surface area contributed by atoms with Crippen molar-refractivity contribution in [3.8, 4) is 6.07 Å². The molecule has 5 nitrogen and oxygen atoms in total. The third-order valence-corrected chi connectivity index (χ3v) is 3.50. The Morgan fingerprint density at radius 3 is 3.00 bits per heavy atom. The second kappa shape index (κ2) is 4.71. The molecule has 2 aliphatic heterocycles. The van der Waals surface area contributed by atoms with Crippen molar-refractivity contribution in [2.75, 3.05) is 33.2 Å². The number of rotatable bonds is 3. The first kappa shape index (κ1) is 11.2. The van der Waals surface area contributed by atoms with Crippen molar-refractivity contribution in [1.29, 1.82) is 5.26 Å². The predicted molar refractivity (Wildman–Crippen MR) is 59.7 cm³/mol. The number of carbonyl (C=O) groups excluding carboxylic acids is 1. The molecule has 5 heteroatoms. The summed E-state index contributed by atoms with van der Waals surface area (Å²) in [4.78, 5) is 15.7. The number of carbonyl (C=O) groups is 1. The number of nitrogens with zero attached hydrogens (tertiary/aromatic N) is 3. The highest BCUT2D eigenvalue weighted by molar-refractivity contribution is 5.77. The van der Waals surface area contributed by atoms with Crippen LogP contribution in [0, 0.1) is 17.2 Å². The molecule has 1 N–H and O–H groups in total. The van der Waals surface area contributed by atoms with Gasteiger partial charge < -0.3 is 15.1 Å². The fourth-order valence-electron chi connectivity index (χ4n) is 2.56. The summed E-state index contributed by atoms with van der Waals surface area (Å²) in [5, 5.41) is 11.5. The zero-order chi connectivity index (χ0) is 11.5. The number of likely N-dealkylation sites (tertiary alicyclic amines) is 1. The standard InChI is InChI=1S/C11H18N4O/c1-14-6-3-9(7-14)10-8-15(5-2-4-12)11(16)13-10/h9-10H,2-3,5-8H2,1H3,(H,13,16). The van der Waals surface area contributed by atoms with Crippen LogP contribution in [0.3, 0.4) is 0 Å². The second-order valence-corrected chi connectivity index (χ2v) is 4.72. The van der Waals surface area contributed by atoms with Gasteiger partial charge in [-0.2, -0.15) is 5.26 Å². The van der Waals surface area contributed by atoms with Gasteiger partial charge in [0.2, 0.25) is 0 Å². The number of nitrogens with one attached hydrogen (secondary N) is 1. The predicted octanol–water partition coefficient (Wildman–Crippen LogP) is 0.246. The highest BCUT2D eigenvalue weighted by Gasteiger charge is 2.36. The quantitative estimate of drug-likeness (QED) is 0.744. The zero-order valence-corrected chi connectivity index (χ0v) is 9.65. The Bertz CT molecular complexity index is 312. The minimum Gasteiger partial charge on any atom is -0.333 e. The van der Waals surface area contributed by atoms with Crippen LogP contribution in [0.4, 0.5) is 4.79 Å². The molecular weight excluding hydrogens is 204 g/mol. The third kappa shape index (κ3) is 2.27. The van der Waals surface area contributed by atoms with E-state index in [1.54, 1.807) is 4.90 Å². The topological polar surface area (TPSA) is 59.4 Å². The number of hydrogen-bond acceptors (Lipinski definition) is 3. The van der Waals surface area contributed by atoms with Crippen molar-refractivity contribution in [2.24, 2.45) is 5.92 Å². The molecule has 0 aliphatic carbocycles. The monoisotopic (exact) mass is 222 g/mol. The van der Waals surface area contributed by atoms with Gasteiger partial charge in [-0.05, 0) is 25.9 Å². The van der Waals surface area contributed by atoms with Crippen LogP contribution in [0.2, 0.25) is 0 Å². The molecule has 88 valence electrons. The summed E-state index contributed by atoms with van der Waals surface area (Å²) in [5.41, 5.74) is 0. The normalized spacial score (nSPS) is 30.5. The van der Waals surface area contributed by atoms with Gasteiger partial charge in [0.1, 0.15) is 0 Å². The second-order valence-electron chi connectivity index (χ2n) is 4.72. The highest BCUT2D eigenvalue weighted by Crippen LogP contribution is 2.22. The van der Waals surface area contributed by atoms with Crippen LogP contribution in [-0.2, 0) is 0 Å². The summed E-state index contributed by atoms with van der Waals surface area (Å²) in [6.07, 6.45) is 1.58. The summed E-state index contributed by atoms with van der Waals surface area (Å²) < 4.78 is 0. The lowest BCUT2D eigenvalue weighted by Crippen LogP contribution is -2.35. The maximum absolute atomic E-state index is 11.6. The fourth-order valence-corrected chi connectivity index (χ4v) is 2.56. The smallest absolute Gasteiger partial charge is 0.317 e. The van der Waals surface area contributed by atoms with Crippen LogP contribution in [0.5, 0.6) is 0 Å². The molecule has 2 heterocycles. The van der Waals surface area contributed by atoms with E-state index in [0.717, 1.165) is 26.1 Å². The van der Waals surface area contributed by atoms with Gasteiger partial charge in [0.25, 0.3) is 0 Å². The third-order valence-electron chi connectivity index (χ3n) is 3.50. The molecule has 2 fully saturated rings. The van der Waals surface area contributed by atoms with Crippen LogP contribution in [0.25, 0.3) is 0 Å². The van der Waals surface area contributed by atoms with E-state index in [1.807, 2.05) is 0 Å². The molecule has 0 spiro atoms. The minimum absolute atomic E-state index is 0.00481. The summed E-state index contributed by atoms with van der Waals surface area (Å²) >= 11 is 0.